The van der Waals surface area contributed by atoms with Gasteiger partial charge in [0.1, 0.15) is 3.91 Å². The summed E-state index contributed by atoms with van der Waals surface area (Å²) in [7, 11) is 4.06. The summed E-state index contributed by atoms with van der Waals surface area (Å²) >= 11 is 4.03. The fourth-order valence-electron chi connectivity index (χ4n) is 3.24. The highest BCUT2D eigenvalue weighted by atomic mass is 33.1. The zero-order valence-corrected chi connectivity index (χ0v) is 20.4. The van der Waals surface area contributed by atoms with Crippen LogP contribution < -0.4 is 4.72 Å². The van der Waals surface area contributed by atoms with E-state index >= 15 is 0 Å². The second-order valence-corrected chi connectivity index (χ2v) is 13.1. The van der Waals surface area contributed by atoms with Crippen molar-refractivity contribution in [2.24, 2.45) is 0 Å². The highest BCUT2D eigenvalue weighted by molar-refractivity contribution is 8.81. The molecule has 1 unspecified atom stereocenters. The standard InChI is InChI=1S/C21H43NS4/c1-2-3-4-5-6-7-8-9-10-11-12-13-14-15-16-17-18-22-25-21-23-19-20-24-26-21/h21-22H,2-20H2,1H3. The third kappa shape index (κ3) is 17.5. The molecule has 1 fully saturated rings. The number of hydrogen-bond donors (Lipinski definition) is 1. The van der Waals surface area contributed by atoms with Crippen LogP contribution in [0.25, 0.3) is 0 Å². The fourth-order valence-corrected chi connectivity index (χ4v) is 9.42. The molecule has 0 spiro atoms. The van der Waals surface area contributed by atoms with Gasteiger partial charge in [0.2, 0.25) is 0 Å². The van der Waals surface area contributed by atoms with Gasteiger partial charge < -0.3 is 0 Å². The normalized spacial score (nSPS) is 17.7. The summed E-state index contributed by atoms with van der Waals surface area (Å²) in [6.07, 6.45) is 23.2. The number of rotatable bonds is 19. The Labute approximate surface area is 181 Å². The van der Waals surface area contributed by atoms with Crippen LogP contribution in [0, 0.1) is 0 Å². The average Bonchev–Trinajstić information content (AvgIpc) is 2.68. The molecule has 0 amide bonds. The molecule has 1 nitrogen and oxygen atoms in total. The Balaban J connectivity index is 1.65. The smallest absolute Gasteiger partial charge is 0.120 e. The second kappa shape index (κ2) is 21.1. The molecule has 1 saturated heterocycles. The van der Waals surface area contributed by atoms with Crippen molar-refractivity contribution in [1.29, 1.82) is 0 Å². The molecule has 5 heteroatoms. The van der Waals surface area contributed by atoms with E-state index in [4.69, 9.17) is 0 Å². The van der Waals surface area contributed by atoms with Gasteiger partial charge in [-0.05, 0) is 6.42 Å². The molecule has 1 atom stereocenters. The van der Waals surface area contributed by atoms with Crippen LogP contribution in [0.5, 0.6) is 0 Å². The summed E-state index contributed by atoms with van der Waals surface area (Å²) in [6.45, 7) is 3.48. The molecule has 0 radical (unpaired) electrons. The fraction of sp³-hybridized carbons (Fsp3) is 1.00. The predicted octanol–water partition coefficient (Wildman–Crippen LogP) is 8.90. The van der Waals surface area contributed by atoms with Crippen molar-refractivity contribution < 1.29 is 0 Å². The molecule has 26 heavy (non-hydrogen) atoms. The molecule has 156 valence electrons. The zero-order valence-electron chi connectivity index (χ0n) is 17.1. The summed E-state index contributed by atoms with van der Waals surface area (Å²) < 4.78 is 4.27. The predicted molar refractivity (Wildman–Crippen MR) is 131 cm³/mol. The number of nitrogens with one attached hydrogen (secondary N) is 1. The molecule has 0 saturated carbocycles. The number of thioether (sulfide) groups is 1. The van der Waals surface area contributed by atoms with E-state index in [0.29, 0.717) is 3.91 Å². The summed E-state index contributed by atoms with van der Waals surface area (Å²) in [4.78, 5) is 0. The maximum atomic E-state index is 3.57. The van der Waals surface area contributed by atoms with Crippen molar-refractivity contribution in [2.75, 3.05) is 18.1 Å². The van der Waals surface area contributed by atoms with Crippen molar-refractivity contribution in [3.8, 4) is 0 Å². The summed E-state index contributed by atoms with van der Waals surface area (Å²) in [5.41, 5.74) is 0. The van der Waals surface area contributed by atoms with Crippen LogP contribution in [0.4, 0.5) is 0 Å². The van der Waals surface area contributed by atoms with E-state index in [1.165, 1.54) is 121 Å². The molecular weight excluding hydrogens is 395 g/mol. The van der Waals surface area contributed by atoms with E-state index in [1.807, 2.05) is 33.5 Å². The van der Waals surface area contributed by atoms with Gasteiger partial charge in [-0.1, -0.05) is 137 Å². The molecule has 1 aliphatic heterocycles. The SMILES string of the molecule is CCCCCCCCCCCCCCCCCCNSC1SCCSS1. The first-order valence-electron chi connectivity index (χ1n) is 11.2. The van der Waals surface area contributed by atoms with E-state index in [2.05, 4.69) is 23.4 Å². The third-order valence-corrected chi connectivity index (χ3v) is 11.3. The lowest BCUT2D eigenvalue weighted by Crippen LogP contribution is -2.11. The summed E-state index contributed by atoms with van der Waals surface area (Å²) in [5, 5.41) is 0. The molecule has 0 aromatic rings. The van der Waals surface area contributed by atoms with Gasteiger partial charge in [0.25, 0.3) is 0 Å². The zero-order chi connectivity index (χ0) is 18.5. The molecule has 0 bridgehead atoms. The lowest BCUT2D eigenvalue weighted by atomic mass is 10.0. The van der Waals surface area contributed by atoms with E-state index in [0.717, 1.165) is 0 Å². The maximum Gasteiger partial charge on any atom is 0.120 e. The van der Waals surface area contributed by atoms with Gasteiger partial charge in [-0.3, -0.25) is 4.72 Å². The molecule has 1 rings (SSSR count). The van der Waals surface area contributed by atoms with E-state index < -0.39 is 0 Å². The molecular formula is C21H43NS4. The Morgan fingerprint density at radius 3 is 1.65 bits per heavy atom. The van der Waals surface area contributed by atoms with Crippen LogP contribution in [-0.2, 0) is 0 Å². The summed E-state index contributed by atoms with van der Waals surface area (Å²) in [6, 6.07) is 0. The number of hydrogen-bond acceptors (Lipinski definition) is 5. The summed E-state index contributed by atoms with van der Waals surface area (Å²) in [5.74, 6) is 2.63. The van der Waals surface area contributed by atoms with Gasteiger partial charge >= 0.3 is 0 Å². The van der Waals surface area contributed by atoms with Crippen LogP contribution in [0.2, 0.25) is 0 Å². The van der Waals surface area contributed by atoms with Crippen molar-refractivity contribution in [1.82, 2.24) is 4.72 Å². The van der Waals surface area contributed by atoms with Crippen LogP contribution in [0.1, 0.15) is 110 Å². The Hall–Kier alpha value is 1.36. The Bertz CT molecular complexity index is 273. The Morgan fingerprint density at radius 1 is 0.692 bits per heavy atom. The second-order valence-electron chi connectivity index (χ2n) is 7.39. The van der Waals surface area contributed by atoms with E-state index in [9.17, 15) is 0 Å². The largest absolute Gasteiger partial charge is 0.262 e. The maximum absolute atomic E-state index is 3.57. The minimum atomic E-state index is 0.704. The van der Waals surface area contributed by atoms with Crippen molar-refractivity contribution >= 4 is 45.3 Å². The number of unbranched alkanes of at least 4 members (excludes halogenated alkanes) is 15. The van der Waals surface area contributed by atoms with Gasteiger partial charge in [0, 0.05) is 18.1 Å². The first kappa shape index (κ1) is 25.4. The monoisotopic (exact) mass is 437 g/mol. The van der Waals surface area contributed by atoms with Crippen LogP contribution in [-0.4, -0.2) is 22.0 Å². The molecule has 1 N–H and O–H groups in total. The third-order valence-electron chi connectivity index (χ3n) is 4.88. The van der Waals surface area contributed by atoms with Gasteiger partial charge in [-0.2, -0.15) is 0 Å². The Morgan fingerprint density at radius 2 is 1.19 bits per heavy atom. The lowest BCUT2D eigenvalue weighted by Gasteiger charge is -2.19. The molecule has 0 aliphatic carbocycles. The molecule has 1 aliphatic rings. The highest BCUT2D eigenvalue weighted by Gasteiger charge is 2.14. The first-order valence-corrected chi connectivity index (χ1v) is 15.5. The minimum absolute atomic E-state index is 0.704. The molecule has 1 heterocycles. The van der Waals surface area contributed by atoms with Gasteiger partial charge in [0.05, 0.1) is 0 Å². The minimum Gasteiger partial charge on any atom is -0.262 e. The van der Waals surface area contributed by atoms with Gasteiger partial charge in [-0.25, -0.2) is 0 Å². The average molecular weight is 438 g/mol. The van der Waals surface area contributed by atoms with Crippen molar-refractivity contribution in [3.63, 3.8) is 0 Å². The van der Waals surface area contributed by atoms with Crippen molar-refractivity contribution in [3.05, 3.63) is 0 Å². The van der Waals surface area contributed by atoms with Crippen LogP contribution >= 0.6 is 45.3 Å². The quantitative estimate of drug-likeness (QED) is 0.123. The van der Waals surface area contributed by atoms with Gasteiger partial charge in [-0.15, -0.1) is 11.8 Å². The van der Waals surface area contributed by atoms with Crippen molar-refractivity contribution in [2.45, 2.75) is 114 Å². The Kier molecular flexibility index (Phi) is 20.6. The molecule has 0 aromatic heterocycles. The van der Waals surface area contributed by atoms with Gasteiger partial charge in [0.15, 0.2) is 0 Å². The van der Waals surface area contributed by atoms with Crippen LogP contribution in [0.3, 0.4) is 0 Å². The van der Waals surface area contributed by atoms with Crippen LogP contribution in [0.15, 0.2) is 0 Å². The van der Waals surface area contributed by atoms with E-state index in [-0.39, 0.29) is 0 Å². The van der Waals surface area contributed by atoms with E-state index in [1.54, 1.807) is 0 Å². The highest BCUT2D eigenvalue weighted by Crippen LogP contribution is 2.44. The lowest BCUT2D eigenvalue weighted by molar-refractivity contribution is 0.529. The molecule has 0 aromatic carbocycles. The first-order chi connectivity index (χ1) is 12.9. The topological polar surface area (TPSA) is 12.0 Å².